The van der Waals surface area contributed by atoms with Crippen LogP contribution in [0.3, 0.4) is 0 Å². The zero-order valence-electron chi connectivity index (χ0n) is 21.5. The van der Waals surface area contributed by atoms with E-state index in [2.05, 4.69) is 13.8 Å². The summed E-state index contributed by atoms with van der Waals surface area (Å²) >= 11 is 18.9. The molecule has 0 aromatic heterocycles. The number of rotatable bonds is 12. The first-order valence-corrected chi connectivity index (χ1v) is 14.7. The van der Waals surface area contributed by atoms with Crippen molar-refractivity contribution < 1.29 is 22.7 Å². The van der Waals surface area contributed by atoms with Gasteiger partial charge in [-0.05, 0) is 35.4 Å². The van der Waals surface area contributed by atoms with Crippen LogP contribution >= 0.6 is 34.8 Å². The average molecular weight is 579 g/mol. The quantitative estimate of drug-likeness (QED) is 0.273. The van der Waals surface area contributed by atoms with Crippen molar-refractivity contribution in [3.05, 3.63) is 57.6 Å². The Balaban J connectivity index is 2.10. The van der Waals surface area contributed by atoms with Gasteiger partial charge in [0.05, 0.1) is 29.5 Å². The Morgan fingerprint density at radius 1 is 0.972 bits per heavy atom. The third-order valence-electron chi connectivity index (χ3n) is 5.84. The fourth-order valence-electron chi connectivity index (χ4n) is 3.53. The van der Waals surface area contributed by atoms with E-state index in [1.54, 1.807) is 0 Å². The van der Waals surface area contributed by atoms with E-state index >= 15 is 0 Å². The number of carbonyl (C=O) groups is 1. The van der Waals surface area contributed by atoms with Gasteiger partial charge in [0.2, 0.25) is 15.9 Å². The van der Waals surface area contributed by atoms with E-state index in [9.17, 15) is 13.2 Å². The number of amides is 1. The first kappa shape index (κ1) is 30.6. The van der Waals surface area contributed by atoms with Crippen molar-refractivity contribution in [1.82, 2.24) is 4.31 Å². The third kappa shape index (κ3) is 8.17. The molecule has 2 unspecified atom stereocenters. The van der Waals surface area contributed by atoms with Gasteiger partial charge in [0, 0.05) is 36.6 Å². The minimum atomic E-state index is -3.61. The summed E-state index contributed by atoms with van der Waals surface area (Å²) in [5.41, 5.74) is 1.56. The van der Waals surface area contributed by atoms with Crippen LogP contribution in [0.4, 0.5) is 0 Å². The van der Waals surface area contributed by atoms with Crippen LogP contribution < -0.4 is 9.47 Å². The van der Waals surface area contributed by atoms with Gasteiger partial charge in [0.1, 0.15) is 5.75 Å². The highest BCUT2D eigenvalue weighted by Gasteiger charge is 2.26. The second kappa shape index (κ2) is 12.7. The largest absolute Gasteiger partial charge is 0.493 e. The predicted octanol–water partition coefficient (Wildman–Crippen LogP) is 6.40. The number of benzene rings is 2. The van der Waals surface area contributed by atoms with E-state index in [1.165, 1.54) is 6.92 Å². The topological polar surface area (TPSA) is 72.9 Å². The lowest BCUT2D eigenvalue weighted by atomic mass is 9.78. The van der Waals surface area contributed by atoms with Crippen molar-refractivity contribution >= 4 is 50.7 Å². The molecule has 0 saturated heterocycles. The lowest BCUT2D eigenvalue weighted by molar-refractivity contribution is -0.124. The monoisotopic (exact) mass is 577 g/mol. The fourth-order valence-corrected chi connectivity index (χ4v) is 5.21. The Morgan fingerprint density at radius 2 is 1.50 bits per heavy atom. The van der Waals surface area contributed by atoms with Crippen molar-refractivity contribution in [1.29, 1.82) is 0 Å². The maximum atomic E-state index is 11.8. The summed E-state index contributed by atoms with van der Waals surface area (Å²) < 4.78 is 36.1. The molecular formula is C26H34Cl3NO5S. The SMILES string of the molecule is CC(=O)N(CC(C)COc1ccc(C(C)(C)c2cc(Cl)c(OCC(C)CCl)c(Cl)c2)cc1)S(C)(=O)=O. The van der Waals surface area contributed by atoms with Gasteiger partial charge in [-0.3, -0.25) is 4.79 Å². The standard InChI is InChI=1S/C26H34Cl3NO5S/c1-17(13-27)15-35-25-23(28)11-21(12-24(25)29)26(4,5)20-7-9-22(10-8-20)34-16-18(2)14-30(19(3)31)36(6,32)33/h7-12,17-18H,13-16H2,1-6H3. The molecule has 0 N–H and O–H groups in total. The number of ether oxygens (including phenoxy) is 2. The molecule has 0 bridgehead atoms. The van der Waals surface area contributed by atoms with Gasteiger partial charge in [0.25, 0.3) is 0 Å². The number of sulfonamides is 1. The Bertz CT molecular complexity index is 1130. The number of halogens is 3. The van der Waals surface area contributed by atoms with E-state index < -0.39 is 21.3 Å². The smallest absolute Gasteiger partial charge is 0.234 e. The summed E-state index contributed by atoms with van der Waals surface area (Å²) in [6.45, 7) is 9.94. The summed E-state index contributed by atoms with van der Waals surface area (Å²) in [4.78, 5) is 11.7. The molecule has 0 aliphatic heterocycles. The van der Waals surface area contributed by atoms with Crippen LogP contribution in [0.25, 0.3) is 0 Å². The van der Waals surface area contributed by atoms with Crippen molar-refractivity contribution in [3.63, 3.8) is 0 Å². The summed E-state index contributed by atoms with van der Waals surface area (Å²) in [5.74, 6) is 1.05. The van der Waals surface area contributed by atoms with E-state index in [4.69, 9.17) is 44.3 Å². The first-order valence-electron chi connectivity index (χ1n) is 11.6. The Kier molecular flexibility index (Phi) is 10.8. The molecule has 1 amide bonds. The second-order valence-corrected chi connectivity index (χ2v) is 12.7. The van der Waals surface area contributed by atoms with Crippen LogP contribution in [-0.2, 0) is 20.2 Å². The van der Waals surface area contributed by atoms with Gasteiger partial charge in [-0.25, -0.2) is 12.7 Å². The molecule has 36 heavy (non-hydrogen) atoms. The van der Waals surface area contributed by atoms with E-state index in [-0.39, 0.29) is 25.0 Å². The zero-order chi connectivity index (χ0) is 27.3. The molecule has 0 radical (unpaired) electrons. The molecule has 0 aliphatic carbocycles. The van der Waals surface area contributed by atoms with Gasteiger partial charge >= 0.3 is 0 Å². The second-order valence-electron chi connectivity index (χ2n) is 9.72. The van der Waals surface area contributed by atoms with E-state index in [0.29, 0.717) is 34.0 Å². The summed E-state index contributed by atoms with van der Waals surface area (Å²) in [7, 11) is -3.61. The maximum Gasteiger partial charge on any atom is 0.234 e. The molecule has 0 fully saturated rings. The highest BCUT2D eigenvalue weighted by atomic mass is 35.5. The molecule has 10 heteroatoms. The normalized spacial score (nSPS) is 13.7. The van der Waals surface area contributed by atoms with Crippen LogP contribution in [0.2, 0.25) is 10.0 Å². The molecule has 6 nitrogen and oxygen atoms in total. The number of hydrogen-bond acceptors (Lipinski definition) is 5. The summed E-state index contributed by atoms with van der Waals surface area (Å²) in [5, 5.41) is 0.880. The molecule has 2 aromatic rings. The Labute approximate surface area is 229 Å². The first-order chi connectivity index (χ1) is 16.7. The molecule has 2 rings (SSSR count). The highest BCUT2D eigenvalue weighted by Crippen LogP contribution is 2.41. The highest BCUT2D eigenvalue weighted by molar-refractivity contribution is 7.88. The van der Waals surface area contributed by atoms with Crippen LogP contribution in [0, 0.1) is 11.8 Å². The van der Waals surface area contributed by atoms with Crippen LogP contribution in [0.1, 0.15) is 45.7 Å². The van der Waals surface area contributed by atoms with Gasteiger partial charge in [0.15, 0.2) is 5.75 Å². The molecular weight excluding hydrogens is 545 g/mol. The van der Waals surface area contributed by atoms with Gasteiger partial charge in [-0.1, -0.05) is 63.0 Å². The molecule has 0 aliphatic rings. The average Bonchev–Trinajstić information content (AvgIpc) is 2.79. The van der Waals surface area contributed by atoms with Gasteiger partial charge < -0.3 is 9.47 Å². The van der Waals surface area contributed by atoms with Gasteiger partial charge in [-0.15, -0.1) is 11.6 Å². The van der Waals surface area contributed by atoms with Crippen molar-refractivity contribution in [2.75, 3.05) is 31.9 Å². The number of hydrogen-bond donors (Lipinski definition) is 0. The third-order valence-corrected chi connectivity index (χ3v) is 8.13. The van der Waals surface area contributed by atoms with E-state index in [1.807, 2.05) is 50.2 Å². The van der Waals surface area contributed by atoms with Crippen molar-refractivity contribution in [2.24, 2.45) is 11.8 Å². The van der Waals surface area contributed by atoms with Crippen LogP contribution in [0.5, 0.6) is 11.5 Å². The molecule has 0 heterocycles. The van der Waals surface area contributed by atoms with Crippen LogP contribution in [-0.4, -0.2) is 50.5 Å². The van der Waals surface area contributed by atoms with Crippen molar-refractivity contribution in [2.45, 2.75) is 40.0 Å². The number of alkyl halides is 1. The molecule has 0 saturated carbocycles. The zero-order valence-corrected chi connectivity index (χ0v) is 24.6. The number of carbonyl (C=O) groups excluding carboxylic acids is 1. The lowest BCUT2D eigenvalue weighted by Crippen LogP contribution is -2.38. The van der Waals surface area contributed by atoms with E-state index in [0.717, 1.165) is 21.7 Å². The molecule has 2 aromatic carbocycles. The maximum absolute atomic E-state index is 11.8. The predicted molar refractivity (Wildman–Crippen MR) is 147 cm³/mol. The molecule has 2 atom stereocenters. The van der Waals surface area contributed by atoms with Crippen LogP contribution in [0.15, 0.2) is 36.4 Å². The minimum Gasteiger partial charge on any atom is -0.493 e. The fraction of sp³-hybridized carbons (Fsp3) is 0.500. The molecule has 0 spiro atoms. The Morgan fingerprint density at radius 3 is 1.97 bits per heavy atom. The van der Waals surface area contributed by atoms with Gasteiger partial charge in [-0.2, -0.15) is 0 Å². The Hall–Kier alpha value is -1.67. The molecule has 200 valence electrons. The lowest BCUT2D eigenvalue weighted by Gasteiger charge is -2.27. The minimum absolute atomic E-state index is 0.0608. The number of nitrogens with zero attached hydrogens (tertiary/aromatic N) is 1. The summed E-state index contributed by atoms with van der Waals surface area (Å²) in [6.07, 6.45) is 1.02. The summed E-state index contributed by atoms with van der Waals surface area (Å²) in [6, 6.07) is 11.4. The van der Waals surface area contributed by atoms with Crippen molar-refractivity contribution in [3.8, 4) is 11.5 Å².